The number of amides is 1. The lowest BCUT2D eigenvalue weighted by atomic mass is 10.0. The van der Waals surface area contributed by atoms with E-state index in [0.717, 1.165) is 0 Å². The summed E-state index contributed by atoms with van der Waals surface area (Å²) in [6.07, 6.45) is 0. The number of carbonyl (C=O) groups excluding carboxylic acids is 1. The van der Waals surface area contributed by atoms with E-state index >= 15 is 0 Å². The number of aryl methyl sites for hydroxylation is 2. The Morgan fingerprint density at radius 1 is 1.30 bits per heavy atom. The summed E-state index contributed by atoms with van der Waals surface area (Å²) < 4.78 is 0. The summed E-state index contributed by atoms with van der Waals surface area (Å²) in [5, 5.41) is 16.8. The Kier molecular flexibility index (Phi) is 4.83. The lowest BCUT2D eigenvalue weighted by Crippen LogP contribution is -2.49. The van der Waals surface area contributed by atoms with Gasteiger partial charge < -0.3 is 10.6 Å². The van der Waals surface area contributed by atoms with Crippen LogP contribution in [0.1, 0.15) is 31.9 Å². The average Bonchev–Trinajstić information content (AvgIpc) is 2.32. The summed E-state index contributed by atoms with van der Waals surface area (Å²) in [5.41, 5.74) is 1.16. The molecule has 110 valence electrons. The molecule has 0 aliphatic heterocycles. The van der Waals surface area contributed by atoms with Crippen LogP contribution in [0.25, 0.3) is 0 Å². The predicted octanol–water partition coefficient (Wildman–Crippen LogP) is 2.54. The summed E-state index contributed by atoms with van der Waals surface area (Å²) in [5.74, 6) is -0.171. The molecule has 0 fully saturated rings. The topological polar surface area (TPSA) is 84.3 Å². The Bertz CT molecular complexity index is 539. The van der Waals surface area contributed by atoms with Crippen LogP contribution in [0.15, 0.2) is 12.1 Å². The first kappa shape index (κ1) is 16.1. The average molecular weight is 279 g/mol. The zero-order chi connectivity index (χ0) is 15.5. The lowest BCUT2D eigenvalue weighted by Gasteiger charge is -2.25. The van der Waals surface area contributed by atoms with Gasteiger partial charge in [0.05, 0.1) is 10.5 Å². The minimum absolute atomic E-state index is 0.0615. The molecule has 20 heavy (non-hydrogen) atoms. The summed E-state index contributed by atoms with van der Waals surface area (Å²) in [6.45, 7) is 9.58. The van der Waals surface area contributed by atoms with Gasteiger partial charge in [0.1, 0.15) is 0 Å². The van der Waals surface area contributed by atoms with E-state index in [0.29, 0.717) is 23.4 Å². The van der Waals surface area contributed by atoms with E-state index in [9.17, 15) is 14.9 Å². The molecule has 0 unspecified atom stereocenters. The molecule has 2 N–H and O–H groups in total. The first-order valence-corrected chi connectivity index (χ1v) is 6.51. The first-order chi connectivity index (χ1) is 9.19. The molecule has 0 aliphatic carbocycles. The van der Waals surface area contributed by atoms with Crippen molar-refractivity contribution in [3.05, 3.63) is 33.4 Å². The van der Waals surface area contributed by atoms with Gasteiger partial charge in [0.25, 0.3) is 5.69 Å². The molecule has 0 aromatic heterocycles. The quantitative estimate of drug-likeness (QED) is 0.640. The van der Waals surface area contributed by atoms with Gasteiger partial charge in [-0.25, -0.2) is 0 Å². The van der Waals surface area contributed by atoms with Gasteiger partial charge in [0.15, 0.2) is 0 Å². The van der Waals surface area contributed by atoms with Gasteiger partial charge in [-0.05, 0) is 45.9 Å². The highest BCUT2D eigenvalue weighted by molar-refractivity contribution is 5.98. The monoisotopic (exact) mass is 279 g/mol. The summed E-state index contributed by atoms with van der Waals surface area (Å²) in [6, 6.07) is 3.11. The van der Waals surface area contributed by atoms with E-state index in [1.54, 1.807) is 33.8 Å². The lowest BCUT2D eigenvalue weighted by molar-refractivity contribution is -0.385. The molecule has 0 saturated carbocycles. The molecule has 6 nitrogen and oxygen atoms in total. The molecule has 0 spiro atoms. The molecule has 0 radical (unpaired) electrons. The van der Waals surface area contributed by atoms with Gasteiger partial charge in [-0.3, -0.25) is 14.9 Å². The number of benzene rings is 1. The number of nitro benzene ring substituents is 1. The molecule has 0 heterocycles. The molecule has 1 aromatic rings. The fraction of sp³-hybridized carbons (Fsp3) is 0.500. The largest absolute Gasteiger partial charge is 0.324 e. The SMILES string of the molecule is CCNC(C)(C)C(=O)Nc1cc(C)c([N+](=O)[O-])cc1C. The van der Waals surface area contributed by atoms with Crippen molar-refractivity contribution in [2.45, 2.75) is 40.2 Å². The molecule has 1 aromatic carbocycles. The van der Waals surface area contributed by atoms with E-state index < -0.39 is 10.5 Å². The molecule has 1 amide bonds. The van der Waals surface area contributed by atoms with Gasteiger partial charge in [0.2, 0.25) is 5.91 Å². The summed E-state index contributed by atoms with van der Waals surface area (Å²) in [4.78, 5) is 22.6. The maximum Gasteiger partial charge on any atom is 0.272 e. The number of nitrogens with zero attached hydrogens (tertiary/aromatic N) is 1. The van der Waals surface area contributed by atoms with Gasteiger partial charge in [-0.2, -0.15) is 0 Å². The zero-order valence-corrected chi connectivity index (χ0v) is 12.5. The number of likely N-dealkylation sites (N-methyl/N-ethyl adjacent to an activating group) is 1. The highest BCUT2D eigenvalue weighted by Gasteiger charge is 2.27. The van der Waals surface area contributed by atoms with Crippen molar-refractivity contribution in [2.75, 3.05) is 11.9 Å². The molecule has 0 bridgehead atoms. The third-order valence-corrected chi connectivity index (χ3v) is 3.17. The number of rotatable bonds is 5. The fourth-order valence-electron chi connectivity index (χ4n) is 1.93. The molecular weight excluding hydrogens is 258 g/mol. The number of nitro groups is 1. The van der Waals surface area contributed by atoms with Crippen LogP contribution in [-0.4, -0.2) is 22.9 Å². The van der Waals surface area contributed by atoms with Crippen molar-refractivity contribution in [1.82, 2.24) is 5.32 Å². The van der Waals surface area contributed by atoms with Crippen LogP contribution in [0.3, 0.4) is 0 Å². The number of hydrogen-bond donors (Lipinski definition) is 2. The number of anilines is 1. The van der Waals surface area contributed by atoms with E-state index in [1.807, 2.05) is 6.92 Å². The minimum Gasteiger partial charge on any atom is -0.324 e. The fourth-order valence-corrected chi connectivity index (χ4v) is 1.93. The second kappa shape index (κ2) is 6.00. The molecular formula is C14H21N3O3. The van der Waals surface area contributed by atoms with E-state index in [4.69, 9.17) is 0 Å². The third-order valence-electron chi connectivity index (χ3n) is 3.17. The molecule has 0 saturated heterocycles. The Morgan fingerprint density at radius 3 is 2.40 bits per heavy atom. The Labute approximate surface area is 118 Å². The Balaban J connectivity index is 3.02. The first-order valence-electron chi connectivity index (χ1n) is 6.51. The van der Waals surface area contributed by atoms with Crippen molar-refractivity contribution < 1.29 is 9.72 Å². The predicted molar refractivity (Wildman–Crippen MR) is 79.0 cm³/mol. The van der Waals surface area contributed by atoms with Gasteiger partial charge in [0, 0.05) is 17.3 Å². The molecule has 0 aliphatic rings. The van der Waals surface area contributed by atoms with Crippen LogP contribution in [0.4, 0.5) is 11.4 Å². The maximum absolute atomic E-state index is 12.2. The standard InChI is InChI=1S/C14H21N3O3/c1-6-15-14(4,5)13(18)16-11-7-10(3)12(17(19)20)8-9(11)2/h7-8,15H,6H2,1-5H3,(H,16,18). The van der Waals surface area contributed by atoms with Crippen LogP contribution in [0.5, 0.6) is 0 Å². The van der Waals surface area contributed by atoms with E-state index in [1.165, 1.54) is 6.07 Å². The van der Waals surface area contributed by atoms with Crippen molar-refractivity contribution >= 4 is 17.3 Å². The van der Waals surface area contributed by atoms with Gasteiger partial charge in [-0.1, -0.05) is 6.92 Å². The van der Waals surface area contributed by atoms with Crippen molar-refractivity contribution in [3.63, 3.8) is 0 Å². The smallest absolute Gasteiger partial charge is 0.272 e. The summed E-state index contributed by atoms with van der Waals surface area (Å²) in [7, 11) is 0. The van der Waals surface area contributed by atoms with Crippen LogP contribution < -0.4 is 10.6 Å². The Hall–Kier alpha value is -1.95. The Morgan fingerprint density at radius 2 is 1.90 bits per heavy atom. The highest BCUT2D eigenvalue weighted by Crippen LogP contribution is 2.26. The normalized spacial score (nSPS) is 11.2. The second-order valence-electron chi connectivity index (χ2n) is 5.32. The third kappa shape index (κ3) is 3.54. The maximum atomic E-state index is 12.2. The van der Waals surface area contributed by atoms with Crippen LogP contribution in [0.2, 0.25) is 0 Å². The molecule has 6 heteroatoms. The second-order valence-corrected chi connectivity index (χ2v) is 5.32. The number of hydrogen-bond acceptors (Lipinski definition) is 4. The van der Waals surface area contributed by atoms with E-state index in [-0.39, 0.29) is 11.6 Å². The zero-order valence-electron chi connectivity index (χ0n) is 12.5. The van der Waals surface area contributed by atoms with Crippen molar-refractivity contribution in [1.29, 1.82) is 0 Å². The minimum atomic E-state index is -0.698. The van der Waals surface area contributed by atoms with Crippen molar-refractivity contribution in [3.8, 4) is 0 Å². The highest BCUT2D eigenvalue weighted by atomic mass is 16.6. The van der Waals surface area contributed by atoms with Crippen LogP contribution >= 0.6 is 0 Å². The van der Waals surface area contributed by atoms with E-state index in [2.05, 4.69) is 10.6 Å². The van der Waals surface area contributed by atoms with Crippen molar-refractivity contribution in [2.24, 2.45) is 0 Å². The van der Waals surface area contributed by atoms with Crippen LogP contribution in [0, 0.1) is 24.0 Å². The number of carbonyl (C=O) groups is 1. The van der Waals surface area contributed by atoms with Gasteiger partial charge in [-0.15, -0.1) is 0 Å². The van der Waals surface area contributed by atoms with Gasteiger partial charge >= 0.3 is 0 Å². The number of nitrogens with one attached hydrogen (secondary N) is 2. The molecule has 0 atom stereocenters. The summed E-state index contributed by atoms with van der Waals surface area (Å²) >= 11 is 0. The molecule has 1 rings (SSSR count). The van der Waals surface area contributed by atoms with Crippen LogP contribution in [-0.2, 0) is 4.79 Å².